The Kier molecular flexibility index (Phi) is 4.19. The fourth-order valence-corrected chi connectivity index (χ4v) is 1.19. The third-order valence-corrected chi connectivity index (χ3v) is 2.14. The minimum Gasteiger partial charge on any atom is -0.358 e. The molecule has 0 aliphatic carbocycles. The zero-order valence-electron chi connectivity index (χ0n) is 10.6. The molecule has 0 atom stereocenters. The summed E-state index contributed by atoms with van der Waals surface area (Å²) in [6.07, 6.45) is 0. The maximum Gasteiger partial charge on any atom is 0.240 e. The molecule has 0 radical (unpaired) electrons. The zero-order chi connectivity index (χ0) is 13.1. The van der Waals surface area contributed by atoms with Gasteiger partial charge in [0.05, 0.1) is 18.6 Å². The Morgan fingerprint density at radius 1 is 1.59 bits per heavy atom. The Morgan fingerprint density at radius 3 is 2.71 bits per heavy atom. The van der Waals surface area contributed by atoms with Crippen LogP contribution in [0, 0.1) is 0 Å². The summed E-state index contributed by atoms with van der Waals surface area (Å²) in [7, 11) is 3.39. The van der Waals surface area contributed by atoms with Crippen LogP contribution >= 0.6 is 0 Å². The van der Waals surface area contributed by atoms with Crippen LogP contribution in [-0.4, -0.2) is 41.6 Å². The molecule has 0 bridgehead atoms. The van der Waals surface area contributed by atoms with Crippen molar-refractivity contribution < 1.29 is 9.32 Å². The minimum absolute atomic E-state index is 0.0635. The molecular formula is C10H19N5O2. The second-order valence-electron chi connectivity index (χ2n) is 4.58. The topological polar surface area (TPSA) is 97.3 Å². The molecule has 96 valence electrons. The average Bonchev–Trinajstić information content (AvgIpc) is 2.65. The van der Waals surface area contributed by atoms with Gasteiger partial charge in [0.15, 0.2) is 5.82 Å². The molecule has 7 nitrogen and oxygen atoms in total. The SMILES string of the molecule is CNC(=O)CN(C)Cc1nc(C(C)(C)N)no1. The van der Waals surface area contributed by atoms with Crippen LogP contribution in [0.2, 0.25) is 0 Å². The summed E-state index contributed by atoms with van der Waals surface area (Å²) in [4.78, 5) is 17.1. The van der Waals surface area contributed by atoms with Gasteiger partial charge >= 0.3 is 0 Å². The molecule has 0 saturated carbocycles. The maximum absolute atomic E-state index is 11.1. The van der Waals surface area contributed by atoms with Gasteiger partial charge in [-0.3, -0.25) is 9.69 Å². The van der Waals surface area contributed by atoms with Gasteiger partial charge in [0.1, 0.15) is 0 Å². The lowest BCUT2D eigenvalue weighted by Gasteiger charge is -2.13. The number of likely N-dealkylation sites (N-methyl/N-ethyl adjacent to an activating group) is 2. The first kappa shape index (κ1) is 13.6. The highest BCUT2D eigenvalue weighted by atomic mass is 16.5. The second kappa shape index (κ2) is 5.24. The van der Waals surface area contributed by atoms with E-state index in [-0.39, 0.29) is 12.5 Å². The van der Waals surface area contributed by atoms with Gasteiger partial charge in [-0.05, 0) is 20.9 Å². The van der Waals surface area contributed by atoms with E-state index in [1.54, 1.807) is 32.8 Å². The van der Waals surface area contributed by atoms with Crippen LogP contribution in [0.5, 0.6) is 0 Å². The minimum atomic E-state index is -0.624. The monoisotopic (exact) mass is 241 g/mol. The molecule has 17 heavy (non-hydrogen) atoms. The molecule has 1 heterocycles. The summed E-state index contributed by atoms with van der Waals surface area (Å²) >= 11 is 0. The number of nitrogens with one attached hydrogen (secondary N) is 1. The van der Waals surface area contributed by atoms with Crippen LogP contribution in [0.3, 0.4) is 0 Å². The van der Waals surface area contributed by atoms with Crippen LogP contribution in [0.25, 0.3) is 0 Å². The number of nitrogens with two attached hydrogens (primary N) is 1. The molecule has 0 unspecified atom stereocenters. The molecule has 0 saturated heterocycles. The Bertz CT molecular complexity index is 382. The normalized spacial score (nSPS) is 11.9. The van der Waals surface area contributed by atoms with Gasteiger partial charge in [0, 0.05) is 7.05 Å². The lowest BCUT2D eigenvalue weighted by atomic mass is 10.1. The number of amides is 1. The first-order valence-electron chi connectivity index (χ1n) is 5.34. The quantitative estimate of drug-likeness (QED) is 0.717. The van der Waals surface area contributed by atoms with E-state index >= 15 is 0 Å². The molecule has 1 rings (SSSR count). The van der Waals surface area contributed by atoms with E-state index < -0.39 is 5.54 Å². The van der Waals surface area contributed by atoms with Crippen LogP contribution in [0.1, 0.15) is 25.6 Å². The summed E-state index contributed by atoms with van der Waals surface area (Å²) in [5.41, 5.74) is 5.22. The highest BCUT2D eigenvalue weighted by Crippen LogP contribution is 2.13. The number of aromatic nitrogens is 2. The van der Waals surface area contributed by atoms with Gasteiger partial charge in [-0.2, -0.15) is 4.98 Å². The summed E-state index contributed by atoms with van der Waals surface area (Å²) in [5.74, 6) is 0.845. The van der Waals surface area contributed by atoms with E-state index in [4.69, 9.17) is 10.3 Å². The van der Waals surface area contributed by atoms with Crippen LogP contribution < -0.4 is 11.1 Å². The summed E-state index contributed by atoms with van der Waals surface area (Å²) in [6.45, 7) is 4.29. The van der Waals surface area contributed by atoms with Crippen molar-refractivity contribution in [2.75, 3.05) is 20.6 Å². The van der Waals surface area contributed by atoms with Gasteiger partial charge in [0.25, 0.3) is 0 Å². The number of carbonyl (C=O) groups excluding carboxylic acids is 1. The molecule has 1 aromatic rings. The van der Waals surface area contributed by atoms with E-state index in [0.29, 0.717) is 18.3 Å². The number of nitrogens with zero attached hydrogens (tertiary/aromatic N) is 3. The summed E-state index contributed by atoms with van der Waals surface area (Å²) < 4.78 is 5.06. The maximum atomic E-state index is 11.1. The number of hydrogen-bond donors (Lipinski definition) is 2. The third kappa shape index (κ3) is 4.12. The number of hydrogen-bond acceptors (Lipinski definition) is 6. The van der Waals surface area contributed by atoms with Crippen molar-refractivity contribution in [3.05, 3.63) is 11.7 Å². The summed E-state index contributed by atoms with van der Waals surface area (Å²) in [5, 5.41) is 6.35. The Balaban J connectivity index is 2.58. The highest BCUT2D eigenvalue weighted by Gasteiger charge is 2.21. The largest absolute Gasteiger partial charge is 0.358 e. The van der Waals surface area contributed by atoms with E-state index in [0.717, 1.165) is 0 Å². The first-order chi connectivity index (χ1) is 7.82. The molecule has 3 N–H and O–H groups in total. The molecular weight excluding hydrogens is 222 g/mol. The van der Waals surface area contributed by atoms with Crippen molar-refractivity contribution >= 4 is 5.91 Å². The summed E-state index contributed by atoms with van der Waals surface area (Å²) in [6, 6.07) is 0. The molecule has 7 heteroatoms. The van der Waals surface area contributed by atoms with Crippen molar-refractivity contribution in [1.82, 2.24) is 20.4 Å². The van der Waals surface area contributed by atoms with Crippen LogP contribution in [-0.2, 0) is 16.9 Å². The fraction of sp³-hybridized carbons (Fsp3) is 0.700. The molecule has 1 amide bonds. The molecule has 0 aromatic carbocycles. The zero-order valence-corrected chi connectivity index (χ0v) is 10.6. The molecule has 0 spiro atoms. The second-order valence-corrected chi connectivity index (χ2v) is 4.58. The van der Waals surface area contributed by atoms with Gasteiger partial charge in [0.2, 0.25) is 11.8 Å². The standard InChI is InChI=1S/C10H19N5O2/c1-10(2,11)9-13-8(17-14-9)6-15(4)5-7(16)12-3/h5-6,11H2,1-4H3,(H,12,16). The van der Waals surface area contributed by atoms with Crippen LogP contribution in [0.15, 0.2) is 4.52 Å². The van der Waals surface area contributed by atoms with Gasteiger partial charge in [-0.1, -0.05) is 5.16 Å². The molecule has 1 aromatic heterocycles. The Labute approximate surface area is 100 Å². The van der Waals surface area contributed by atoms with Crippen molar-refractivity contribution in [2.45, 2.75) is 25.9 Å². The van der Waals surface area contributed by atoms with E-state index in [9.17, 15) is 4.79 Å². The predicted octanol–water partition coefficient (Wildman–Crippen LogP) is -0.559. The average molecular weight is 241 g/mol. The van der Waals surface area contributed by atoms with Crippen molar-refractivity contribution in [3.8, 4) is 0 Å². The van der Waals surface area contributed by atoms with E-state index in [1.807, 2.05) is 0 Å². The first-order valence-corrected chi connectivity index (χ1v) is 5.34. The van der Waals surface area contributed by atoms with Crippen molar-refractivity contribution in [1.29, 1.82) is 0 Å². The Morgan fingerprint density at radius 2 is 2.24 bits per heavy atom. The number of carbonyl (C=O) groups is 1. The third-order valence-electron chi connectivity index (χ3n) is 2.14. The lowest BCUT2D eigenvalue weighted by Crippen LogP contribution is -2.33. The van der Waals surface area contributed by atoms with Gasteiger partial charge in [-0.25, -0.2) is 0 Å². The van der Waals surface area contributed by atoms with Gasteiger partial charge in [-0.15, -0.1) is 0 Å². The molecule has 0 aliphatic rings. The van der Waals surface area contributed by atoms with Crippen LogP contribution in [0.4, 0.5) is 0 Å². The molecule has 0 fully saturated rings. The number of rotatable bonds is 5. The molecule has 0 aliphatic heterocycles. The smallest absolute Gasteiger partial charge is 0.240 e. The highest BCUT2D eigenvalue weighted by molar-refractivity contribution is 5.77. The van der Waals surface area contributed by atoms with Crippen molar-refractivity contribution in [3.63, 3.8) is 0 Å². The fourth-order valence-electron chi connectivity index (χ4n) is 1.19. The Hall–Kier alpha value is -1.47. The van der Waals surface area contributed by atoms with E-state index in [1.165, 1.54) is 0 Å². The lowest BCUT2D eigenvalue weighted by molar-refractivity contribution is -0.121. The van der Waals surface area contributed by atoms with E-state index in [2.05, 4.69) is 15.5 Å². The predicted molar refractivity (Wildman–Crippen MR) is 61.9 cm³/mol. The van der Waals surface area contributed by atoms with Crippen molar-refractivity contribution in [2.24, 2.45) is 5.73 Å². The van der Waals surface area contributed by atoms with Gasteiger partial charge < -0.3 is 15.6 Å².